The number of hydrogen-bond acceptors (Lipinski definition) is 4. The molecule has 0 aliphatic carbocycles. The van der Waals surface area contributed by atoms with Crippen LogP contribution in [0.4, 0.5) is 5.69 Å². The lowest BCUT2D eigenvalue weighted by atomic mass is 10.2. The van der Waals surface area contributed by atoms with Gasteiger partial charge >= 0.3 is 0 Å². The number of carboxylic acids is 1. The van der Waals surface area contributed by atoms with Gasteiger partial charge in [-0.05, 0) is 35.9 Å². The Morgan fingerprint density at radius 2 is 1.76 bits per heavy atom. The fraction of sp³-hybridized carbons (Fsp3) is 0. The van der Waals surface area contributed by atoms with Gasteiger partial charge in [-0.2, -0.15) is 0 Å². The maximum absolute atomic E-state index is 12.2. The largest absolute Gasteiger partial charge is 0.545 e. The summed E-state index contributed by atoms with van der Waals surface area (Å²) in [7, 11) is -3.85. The quantitative estimate of drug-likeness (QED) is 0.869. The van der Waals surface area contributed by atoms with Crippen molar-refractivity contribution in [2.75, 3.05) is 4.72 Å². The summed E-state index contributed by atoms with van der Waals surface area (Å²) in [5, 5.41) is 10.9. The molecule has 110 valence electrons. The average molecular weight is 390 g/mol. The Morgan fingerprint density at radius 1 is 1.14 bits per heavy atom. The Labute approximate surface area is 134 Å². The van der Waals surface area contributed by atoms with E-state index in [0.717, 1.165) is 12.1 Å². The molecular weight excluding hydrogens is 382 g/mol. The van der Waals surface area contributed by atoms with Crippen LogP contribution in [0, 0.1) is 0 Å². The Kier molecular flexibility index (Phi) is 4.55. The van der Waals surface area contributed by atoms with Gasteiger partial charge in [0.15, 0.2) is 0 Å². The average Bonchev–Trinajstić information content (AvgIpc) is 2.42. The van der Waals surface area contributed by atoms with E-state index in [4.69, 9.17) is 11.6 Å². The molecule has 0 saturated carbocycles. The summed E-state index contributed by atoms with van der Waals surface area (Å²) < 4.78 is 27.4. The lowest BCUT2D eigenvalue weighted by Gasteiger charge is -2.10. The van der Waals surface area contributed by atoms with Crippen molar-refractivity contribution >= 4 is 49.2 Å². The Hall–Kier alpha value is -1.57. The van der Waals surface area contributed by atoms with Gasteiger partial charge in [-0.15, -0.1) is 0 Å². The van der Waals surface area contributed by atoms with Crippen LogP contribution in [0.25, 0.3) is 0 Å². The molecule has 5 nitrogen and oxygen atoms in total. The number of aromatic carboxylic acids is 1. The van der Waals surface area contributed by atoms with Crippen LogP contribution in [0.15, 0.2) is 51.8 Å². The number of carboxylic acid groups (broad SMARTS) is 1. The van der Waals surface area contributed by atoms with E-state index < -0.39 is 16.0 Å². The highest BCUT2D eigenvalue weighted by molar-refractivity contribution is 9.10. The van der Waals surface area contributed by atoms with Crippen molar-refractivity contribution in [1.82, 2.24) is 0 Å². The molecule has 0 unspecified atom stereocenters. The monoisotopic (exact) mass is 388 g/mol. The van der Waals surface area contributed by atoms with E-state index >= 15 is 0 Å². The normalized spacial score (nSPS) is 11.1. The standard InChI is InChI=1S/C13H9BrClNO4S/c14-9-3-6-12(11(15)7-9)16-21(19,20)10-4-1-8(2-5-10)13(17)18/h1-7,16H,(H,17,18)/p-1. The number of rotatable bonds is 4. The van der Waals surface area contributed by atoms with Crippen LogP contribution in [0.1, 0.15) is 10.4 Å². The Morgan fingerprint density at radius 3 is 2.29 bits per heavy atom. The molecule has 2 aromatic carbocycles. The molecule has 0 heterocycles. The van der Waals surface area contributed by atoms with Crippen LogP contribution in [0.2, 0.25) is 5.02 Å². The molecule has 2 aromatic rings. The van der Waals surface area contributed by atoms with Crippen LogP contribution >= 0.6 is 27.5 Å². The molecule has 8 heteroatoms. The van der Waals surface area contributed by atoms with E-state index in [1.165, 1.54) is 18.2 Å². The number of sulfonamides is 1. The third kappa shape index (κ3) is 3.75. The Balaban J connectivity index is 2.31. The summed E-state index contributed by atoms with van der Waals surface area (Å²) >= 11 is 9.17. The van der Waals surface area contributed by atoms with Gasteiger partial charge in [0.25, 0.3) is 10.0 Å². The van der Waals surface area contributed by atoms with Gasteiger partial charge in [-0.1, -0.05) is 39.7 Å². The predicted molar refractivity (Wildman–Crippen MR) is 80.7 cm³/mol. The van der Waals surface area contributed by atoms with Crippen molar-refractivity contribution in [3.63, 3.8) is 0 Å². The van der Waals surface area contributed by atoms with Crippen molar-refractivity contribution < 1.29 is 18.3 Å². The Bertz CT molecular complexity index is 790. The van der Waals surface area contributed by atoms with Crippen molar-refractivity contribution in [3.05, 3.63) is 57.5 Å². The molecule has 0 amide bonds. The van der Waals surface area contributed by atoms with Crippen molar-refractivity contribution in [3.8, 4) is 0 Å². The smallest absolute Gasteiger partial charge is 0.261 e. The fourth-order valence-corrected chi connectivity index (χ4v) is 3.40. The minimum atomic E-state index is -3.85. The number of halogens is 2. The maximum atomic E-state index is 12.2. The van der Waals surface area contributed by atoms with Crippen LogP contribution in [-0.2, 0) is 10.0 Å². The van der Waals surface area contributed by atoms with Gasteiger partial charge in [-0.3, -0.25) is 4.72 Å². The lowest BCUT2D eigenvalue weighted by molar-refractivity contribution is -0.255. The molecular formula is C13H8BrClNO4S-. The van der Waals surface area contributed by atoms with E-state index in [1.54, 1.807) is 12.1 Å². The van der Waals surface area contributed by atoms with E-state index in [9.17, 15) is 18.3 Å². The molecule has 0 aromatic heterocycles. The highest BCUT2D eigenvalue weighted by Crippen LogP contribution is 2.27. The fourth-order valence-electron chi connectivity index (χ4n) is 1.55. The molecule has 21 heavy (non-hydrogen) atoms. The third-order valence-corrected chi connectivity index (χ3v) is 4.76. The molecule has 0 spiro atoms. The molecule has 0 fully saturated rings. The number of nitrogens with one attached hydrogen (secondary N) is 1. The van der Waals surface area contributed by atoms with Gasteiger partial charge in [0.2, 0.25) is 0 Å². The molecule has 0 aliphatic rings. The van der Waals surface area contributed by atoms with Gasteiger partial charge < -0.3 is 9.90 Å². The minimum absolute atomic E-state index is 0.0773. The first-order valence-electron chi connectivity index (χ1n) is 5.59. The number of benzene rings is 2. The van der Waals surface area contributed by atoms with Crippen LogP contribution in [-0.4, -0.2) is 14.4 Å². The number of anilines is 1. The zero-order valence-corrected chi connectivity index (χ0v) is 13.5. The van der Waals surface area contributed by atoms with E-state index in [0.29, 0.717) is 4.47 Å². The van der Waals surface area contributed by atoms with E-state index in [1.807, 2.05) is 0 Å². The molecule has 0 radical (unpaired) electrons. The van der Waals surface area contributed by atoms with Gasteiger partial charge in [0, 0.05) is 4.47 Å². The molecule has 0 saturated heterocycles. The first-order valence-corrected chi connectivity index (χ1v) is 8.24. The molecule has 1 N–H and O–H groups in total. The summed E-state index contributed by atoms with van der Waals surface area (Å²) in [6.45, 7) is 0. The van der Waals surface area contributed by atoms with E-state index in [-0.39, 0.29) is 21.2 Å². The van der Waals surface area contributed by atoms with Crippen molar-refractivity contribution in [1.29, 1.82) is 0 Å². The second kappa shape index (κ2) is 6.05. The predicted octanol–water partition coefficient (Wildman–Crippen LogP) is 2.27. The molecule has 0 atom stereocenters. The summed E-state index contributed by atoms with van der Waals surface area (Å²) in [4.78, 5) is 10.6. The van der Waals surface area contributed by atoms with E-state index in [2.05, 4.69) is 20.7 Å². The number of carbonyl (C=O) groups excluding carboxylic acids is 1. The highest BCUT2D eigenvalue weighted by atomic mass is 79.9. The maximum Gasteiger partial charge on any atom is 0.261 e. The second-order valence-electron chi connectivity index (χ2n) is 4.04. The van der Waals surface area contributed by atoms with Crippen LogP contribution in [0.5, 0.6) is 0 Å². The first kappa shape index (κ1) is 15.8. The van der Waals surface area contributed by atoms with Crippen LogP contribution in [0.3, 0.4) is 0 Å². The lowest BCUT2D eigenvalue weighted by Crippen LogP contribution is -2.22. The zero-order valence-electron chi connectivity index (χ0n) is 10.3. The van der Waals surface area contributed by atoms with Gasteiger partial charge in [-0.25, -0.2) is 8.42 Å². The first-order chi connectivity index (χ1) is 9.79. The number of carbonyl (C=O) groups is 1. The summed E-state index contributed by atoms with van der Waals surface area (Å²) in [6, 6.07) is 9.39. The second-order valence-corrected chi connectivity index (χ2v) is 7.05. The van der Waals surface area contributed by atoms with Gasteiger partial charge in [0.1, 0.15) is 0 Å². The SMILES string of the molecule is O=C([O-])c1ccc(S(=O)(=O)Nc2ccc(Br)cc2Cl)cc1. The summed E-state index contributed by atoms with van der Waals surface area (Å²) in [5.41, 5.74) is 0.125. The number of hydrogen-bond donors (Lipinski definition) is 1. The topological polar surface area (TPSA) is 86.3 Å². The van der Waals surface area contributed by atoms with Gasteiger partial charge in [0.05, 0.1) is 21.6 Å². The summed E-state index contributed by atoms with van der Waals surface area (Å²) in [5.74, 6) is -1.37. The van der Waals surface area contributed by atoms with Crippen LogP contribution < -0.4 is 9.83 Å². The molecule has 0 bridgehead atoms. The van der Waals surface area contributed by atoms with Crippen molar-refractivity contribution in [2.24, 2.45) is 0 Å². The molecule has 2 rings (SSSR count). The summed E-state index contributed by atoms with van der Waals surface area (Å²) in [6.07, 6.45) is 0. The highest BCUT2D eigenvalue weighted by Gasteiger charge is 2.15. The molecule has 0 aliphatic heterocycles. The zero-order chi connectivity index (χ0) is 15.6. The minimum Gasteiger partial charge on any atom is -0.545 e. The van der Waals surface area contributed by atoms with Crippen molar-refractivity contribution in [2.45, 2.75) is 4.90 Å². The third-order valence-electron chi connectivity index (χ3n) is 2.58.